The average molecular weight is 295 g/mol. The number of carbonyl (C=O) groups is 1. The van der Waals surface area contributed by atoms with Gasteiger partial charge in [-0.2, -0.15) is 0 Å². The number of carbonyl (C=O) groups excluding carboxylic acids is 1. The maximum Gasteiger partial charge on any atom is 0.311 e. The first-order chi connectivity index (χ1) is 10.7. The maximum absolute atomic E-state index is 11.9. The molecule has 112 valence electrons. The molecule has 2 N–H and O–H groups in total. The van der Waals surface area contributed by atoms with Gasteiger partial charge in [-0.15, -0.1) is 0 Å². The van der Waals surface area contributed by atoms with E-state index in [1.807, 2.05) is 40.8 Å². The van der Waals surface area contributed by atoms with E-state index in [1.165, 1.54) is 0 Å². The predicted molar refractivity (Wildman–Crippen MR) is 85.4 cm³/mol. The number of nitrogens with zero attached hydrogens (tertiary/aromatic N) is 2. The largest absolute Gasteiger partial charge is 0.466 e. The molecule has 0 amide bonds. The van der Waals surface area contributed by atoms with Crippen LogP contribution in [0.15, 0.2) is 48.7 Å². The highest BCUT2D eigenvalue weighted by Gasteiger charge is 2.17. The van der Waals surface area contributed by atoms with Crippen LogP contribution in [0.1, 0.15) is 12.6 Å². The number of imidazole rings is 1. The molecule has 0 radical (unpaired) electrons. The number of benzene rings is 1. The molecular weight excluding hydrogens is 278 g/mol. The van der Waals surface area contributed by atoms with Crippen molar-refractivity contribution in [1.29, 1.82) is 0 Å². The molecule has 2 aromatic heterocycles. The van der Waals surface area contributed by atoms with Crippen LogP contribution in [-0.2, 0) is 16.0 Å². The summed E-state index contributed by atoms with van der Waals surface area (Å²) in [4.78, 5) is 16.6. The van der Waals surface area contributed by atoms with Crippen molar-refractivity contribution in [1.82, 2.24) is 9.38 Å². The number of hydrogen-bond donors (Lipinski definition) is 1. The maximum atomic E-state index is 11.9. The Morgan fingerprint density at radius 2 is 2.00 bits per heavy atom. The molecule has 0 atom stereocenters. The number of aromatic nitrogens is 2. The Bertz CT molecular complexity index is 809. The van der Waals surface area contributed by atoms with Crippen LogP contribution in [-0.4, -0.2) is 22.0 Å². The molecule has 3 rings (SSSR count). The minimum atomic E-state index is -0.274. The monoisotopic (exact) mass is 295 g/mol. The number of hydrogen-bond acceptors (Lipinski definition) is 4. The van der Waals surface area contributed by atoms with E-state index in [9.17, 15) is 4.79 Å². The Balaban J connectivity index is 2.16. The topological polar surface area (TPSA) is 69.6 Å². The molecule has 22 heavy (non-hydrogen) atoms. The molecule has 2 heterocycles. The number of esters is 1. The fourth-order valence-corrected chi connectivity index (χ4v) is 2.45. The molecule has 0 unspecified atom stereocenters. The second-order valence-electron chi connectivity index (χ2n) is 4.95. The molecule has 0 spiro atoms. The highest BCUT2D eigenvalue weighted by atomic mass is 16.5. The van der Waals surface area contributed by atoms with Crippen molar-refractivity contribution in [3.63, 3.8) is 0 Å². The van der Waals surface area contributed by atoms with Crippen molar-refractivity contribution >= 4 is 17.3 Å². The van der Waals surface area contributed by atoms with Crippen LogP contribution in [0.4, 0.5) is 5.69 Å². The van der Waals surface area contributed by atoms with Gasteiger partial charge in [-0.05, 0) is 19.1 Å². The van der Waals surface area contributed by atoms with Crippen molar-refractivity contribution < 1.29 is 9.53 Å². The fraction of sp³-hybridized carbons (Fsp3) is 0.176. The van der Waals surface area contributed by atoms with Crippen LogP contribution in [0.25, 0.3) is 16.9 Å². The van der Waals surface area contributed by atoms with Gasteiger partial charge in [0.05, 0.1) is 24.4 Å². The molecule has 1 aromatic carbocycles. The molecule has 0 aliphatic rings. The van der Waals surface area contributed by atoms with Crippen LogP contribution in [0.2, 0.25) is 0 Å². The van der Waals surface area contributed by atoms with Gasteiger partial charge in [0, 0.05) is 17.4 Å². The molecule has 3 aromatic rings. The number of nitrogens with two attached hydrogens (primary N) is 1. The molecule has 0 fully saturated rings. The predicted octanol–water partition coefficient (Wildman–Crippen LogP) is 2.69. The van der Waals surface area contributed by atoms with E-state index in [1.54, 1.807) is 19.2 Å². The van der Waals surface area contributed by atoms with Gasteiger partial charge < -0.3 is 14.9 Å². The summed E-state index contributed by atoms with van der Waals surface area (Å²) >= 11 is 0. The third kappa shape index (κ3) is 2.65. The van der Waals surface area contributed by atoms with Crippen molar-refractivity contribution in [3.8, 4) is 11.3 Å². The summed E-state index contributed by atoms with van der Waals surface area (Å²) in [7, 11) is 0. The zero-order valence-corrected chi connectivity index (χ0v) is 12.3. The number of anilines is 1. The minimum absolute atomic E-state index is 0.155. The standard InChI is InChI=1S/C17H17N3O2/c1-2-22-16(21)10-14-17(12-6-4-3-5-7-12)19-15-9-8-13(18)11-20(14)15/h3-9,11H,2,10,18H2,1H3. The lowest BCUT2D eigenvalue weighted by Gasteiger charge is -2.06. The van der Waals surface area contributed by atoms with Gasteiger partial charge in [0.1, 0.15) is 5.65 Å². The summed E-state index contributed by atoms with van der Waals surface area (Å²) in [6, 6.07) is 13.4. The van der Waals surface area contributed by atoms with Gasteiger partial charge >= 0.3 is 5.97 Å². The van der Waals surface area contributed by atoms with Crippen molar-refractivity contribution in [2.45, 2.75) is 13.3 Å². The number of nitrogen functional groups attached to an aromatic ring is 1. The molecule has 0 bridgehead atoms. The van der Waals surface area contributed by atoms with E-state index in [-0.39, 0.29) is 12.4 Å². The zero-order valence-electron chi connectivity index (χ0n) is 12.3. The first-order valence-electron chi connectivity index (χ1n) is 7.16. The van der Waals surface area contributed by atoms with E-state index in [0.717, 1.165) is 22.6 Å². The summed E-state index contributed by atoms with van der Waals surface area (Å²) in [5.74, 6) is -0.274. The number of ether oxygens (including phenoxy) is 1. The molecule has 5 heteroatoms. The lowest BCUT2D eigenvalue weighted by molar-refractivity contribution is -0.142. The second kappa shape index (κ2) is 5.89. The summed E-state index contributed by atoms with van der Waals surface area (Å²) in [5.41, 5.74) is 9.77. The van der Waals surface area contributed by atoms with Crippen LogP contribution in [0, 0.1) is 0 Å². The van der Waals surface area contributed by atoms with E-state index in [2.05, 4.69) is 4.98 Å². The highest BCUT2D eigenvalue weighted by Crippen LogP contribution is 2.25. The zero-order chi connectivity index (χ0) is 15.5. The number of pyridine rings is 1. The second-order valence-corrected chi connectivity index (χ2v) is 4.95. The third-order valence-electron chi connectivity index (χ3n) is 3.40. The Hall–Kier alpha value is -2.82. The van der Waals surface area contributed by atoms with Gasteiger partial charge in [0.2, 0.25) is 0 Å². The van der Waals surface area contributed by atoms with Crippen LogP contribution < -0.4 is 5.73 Å². The average Bonchev–Trinajstić information content (AvgIpc) is 2.86. The van der Waals surface area contributed by atoms with E-state index >= 15 is 0 Å². The third-order valence-corrected chi connectivity index (χ3v) is 3.40. The highest BCUT2D eigenvalue weighted by molar-refractivity contribution is 5.77. The first-order valence-corrected chi connectivity index (χ1v) is 7.16. The van der Waals surface area contributed by atoms with Gasteiger partial charge in [-0.25, -0.2) is 4.98 Å². The van der Waals surface area contributed by atoms with Gasteiger partial charge in [0.25, 0.3) is 0 Å². The van der Waals surface area contributed by atoms with Crippen LogP contribution in [0.3, 0.4) is 0 Å². The Morgan fingerprint density at radius 3 is 2.73 bits per heavy atom. The van der Waals surface area contributed by atoms with Crippen molar-refractivity contribution in [3.05, 3.63) is 54.4 Å². The molecule has 0 aliphatic carbocycles. The lowest BCUT2D eigenvalue weighted by atomic mass is 10.1. The van der Waals surface area contributed by atoms with Gasteiger partial charge in [-0.3, -0.25) is 4.79 Å². The van der Waals surface area contributed by atoms with Crippen LogP contribution >= 0.6 is 0 Å². The lowest BCUT2D eigenvalue weighted by Crippen LogP contribution is -2.10. The van der Waals surface area contributed by atoms with E-state index in [0.29, 0.717) is 12.3 Å². The van der Waals surface area contributed by atoms with Gasteiger partial charge in [-0.1, -0.05) is 30.3 Å². The SMILES string of the molecule is CCOC(=O)Cc1c(-c2ccccc2)nc2ccc(N)cn12. The molecular formula is C17H17N3O2. The van der Waals surface area contributed by atoms with E-state index < -0.39 is 0 Å². The molecule has 0 aliphatic heterocycles. The Morgan fingerprint density at radius 1 is 1.23 bits per heavy atom. The van der Waals surface area contributed by atoms with E-state index in [4.69, 9.17) is 10.5 Å². The molecule has 0 saturated carbocycles. The summed E-state index contributed by atoms with van der Waals surface area (Å²) in [6.45, 7) is 2.15. The van der Waals surface area contributed by atoms with Gasteiger partial charge in [0.15, 0.2) is 0 Å². The minimum Gasteiger partial charge on any atom is -0.466 e. The quantitative estimate of drug-likeness (QED) is 0.751. The fourth-order valence-electron chi connectivity index (χ4n) is 2.45. The number of rotatable bonds is 4. The Labute approximate surface area is 128 Å². The Kier molecular flexibility index (Phi) is 3.78. The summed E-state index contributed by atoms with van der Waals surface area (Å²) in [6.07, 6.45) is 1.94. The summed E-state index contributed by atoms with van der Waals surface area (Å²) < 4.78 is 6.93. The molecule has 0 saturated heterocycles. The summed E-state index contributed by atoms with van der Waals surface area (Å²) in [5, 5.41) is 0. The van der Waals surface area contributed by atoms with Crippen LogP contribution in [0.5, 0.6) is 0 Å². The smallest absolute Gasteiger partial charge is 0.311 e. The first kappa shape index (κ1) is 14.1. The number of fused-ring (bicyclic) bond motifs is 1. The van der Waals surface area contributed by atoms with Crippen molar-refractivity contribution in [2.24, 2.45) is 0 Å². The normalized spacial score (nSPS) is 10.8. The van der Waals surface area contributed by atoms with Crippen molar-refractivity contribution in [2.75, 3.05) is 12.3 Å². The molecule has 5 nitrogen and oxygen atoms in total.